The van der Waals surface area contributed by atoms with Crippen molar-refractivity contribution < 1.29 is 0 Å². The lowest BCUT2D eigenvalue weighted by Crippen LogP contribution is -2.61. The fourth-order valence-corrected chi connectivity index (χ4v) is 31.5. The molecular weight excluding hydrogens is 1430 g/mol. The van der Waals surface area contributed by atoms with Crippen molar-refractivity contribution in [3.05, 3.63) is 287 Å². The van der Waals surface area contributed by atoms with Gasteiger partial charge in [-0.3, -0.25) is 42.5 Å². The molecule has 8 N–H and O–H groups in total. The van der Waals surface area contributed by atoms with E-state index in [1.807, 2.05) is 0 Å². The van der Waals surface area contributed by atoms with E-state index in [0.717, 1.165) is 46.0 Å². The van der Waals surface area contributed by atoms with Crippen molar-refractivity contribution in [3.63, 3.8) is 0 Å². The van der Waals surface area contributed by atoms with Gasteiger partial charge >= 0.3 is 0 Å². The summed E-state index contributed by atoms with van der Waals surface area (Å²) in [7, 11) is 0. The van der Waals surface area contributed by atoms with Crippen LogP contribution in [0.4, 0.5) is 0 Å². The Morgan fingerprint density at radius 2 is 0.269 bits per heavy atom. The van der Waals surface area contributed by atoms with Gasteiger partial charge in [0.25, 0.3) is 0 Å². The minimum atomic E-state index is 0.137. The highest BCUT2D eigenvalue weighted by Gasteiger charge is 2.59. The number of nitrogens with one attached hydrogen (secondary N) is 8. The zero-order valence-electron chi connectivity index (χ0n) is 59.5. The molecule has 4 aliphatic carbocycles. The van der Waals surface area contributed by atoms with Crippen LogP contribution in [-0.2, 0) is 46.0 Å². The lowest BCUT2D eigenvalue weighted by molar-refractivity contribution is 0.175. The Balaban J connectivity index is 0.744. The van der Waals surface area contributed by atoms with E-state index in [1.165, 1.54) is 95.9 Å². The zero-order valence-corrected chi connectivity index (χ0v) is 66.1. The number of hydrogen-bond acceptors (Lipinski definition) is 16. The third-order valence-corrected chi connectivity index (χ3v) is 36.9. The molecule has 8 nitrogen and oxygen atoms in total. The van der Waals surface area contributed by atoms with Gasteiger partial charge in [-0.25, -0.2) is 0 Å². The molecule has 8 bridgehead atoms. The Bertz CT molecular complexity index is 3160. The molecule has 16 heteroatoms. The van der Waals surface area contributed by atoms with Crippen molar-refractivity contribution in [1.29, 1.82) is 0 Å². The molecule has 5 saturated heterocycles. The summed E-state index contributed by atoms with van der Waals surface area (Å²) < 4.78 is 0. The van der Waals surface area contributed by atoms with Crippen LogP contribution in [0.25, 0.3) is 0 Å². The maximum Gasteiger partial charge on any atom is 0.0628 e. The normalized spacial score (nSPS) is 34.9. The van der Waals surface area contributed by atoms with Crippen LogP contribution >= 0.6 is 94.1 Å². The van der Waals surface area contributed by atoms with Gasteiger partial charge in [-0.15, -0.1) is 0 Å². The molecule has 104 heavy (non-hydrogen) atoms. The highest BCUT2D eigenvalue weighted by atomic mass is 32.2. The van der Waals surface area contributed by atoms with Crippen LogP contribution in [-0.4, -0.2) is 91.3 Å². The van der Waals surface area contributed by atoms with Gasteiger partial charge in [0.1, 0.15) is 0 Å². The van der Waals surface area contributed by atoms with Crippen molar-refractivity contribution in [3.8, 4) is 0 Å². The number of fused-ring (bicyclic) bond motifs is 20. The van der Waals surface area contributed by atoms with E-state index < -0.39 is 0 Å². The maximum atomic E-state index is 4.70. The molecule has 17 rings (SSSR count). The number of hydrogen-bond donors (Lipinski definition) is 8. The molecule has 5 aliphatic heterocycles. The Hall–Kier alpha value is -3.76. The van der Waals surface area contributed by atoms with Gasteiger partial charge in [0.15, 0.2) is 0 Å². The van der Waals surface area contributed by atoms with Crippen LogP contribution in [0.5, 0.6) is 0 Å². The zero-order chi connectivity index (χ0) is 69.4. The van der Waals surface area contributed by atoms with E-state index >= 15 is 0 Å². The van der Waals surface area contributed by atoms with Crippen LogP contribution in [0, 0.1) is 47.3 Å². The predicted octanol–water partition coefficient (Wildman–Crippen LogP) is 17.9. The summed E-state index contributed by atoms with van der Waals surface area (Å²) in [5, 5.41) is 41.3. The first-order valence-corrected chi connectivity index (χ1v) is 47.2. The van der Waals surface area contributed by atoms with Gasteiger partial charge in [0.05, 0.1) is 49.3 Å². The lowest BCUT2D eigenvalue weighted by atomic mass is 9.75. The Kier molecular flexibility index (Phi) is 24.9. The predicted molar refractivity (Wildman–Crippen MR) is 452 cm³/mol. The second kappa shape index (κ2) is 35.5. The number of rotatable bonds is 24. The molecule has 9 fully saturated rings. The monoisotopic (exact) mass is 1530 g/mol. The van der Waals surface area contributed by atoms with Crippen molar-refractivity contribution in [2.45, 2.75) is 189 Å². The average Bonchev–Trinajstić information content (AvgIpc) is 1.60. The highest BCUT2D eigenvalue weighted by molar-refractivity contribution is 8.04. The summed E-state index contributed by atoms with van der Waals surface area (Å²) in [5.74, 6) is 11.9. The largest absolute Gasteiger partial charge is 0.286 e. The van der Waals surface area contributed by atoms with Crippen LogP contribution in [0.15, 0.2) is 243 Å². The first-order chi connectivity index (χ1) is 51.5. The molecule has 8 aromatic carbocycles. The van der Waals surface area contributed by atoms with E-state index in [1.54, 1.807) is 0 Å². The van der Waals surface area contributed by atoms with E-state index in [-0.39, 0.29) is 49.3 Å². The second-order valence-electron chi connectivity index (χ2n) is 31.0. The second-order valence-corrected chi connectivity index (χ2v) is 40.9. The molecule has 9 aliphatic rings. The Labute approximate surface area is 654 Å². The molecule has 0 aromatic heterocycles. The standard InChI is InChI=1S/C88H104N8S8/c1-9-25-57(26-10-1)49-97-73-41-65-66(42-74(73)98-50-58-27-11-2-12-28-58)82-89-81(65)93-83-67-43-75(99-51-59-29-13-3-14-30-59)76(100-52-60-31-15-4-16-32-60)44-68(67)85(90-83)95-87-71-47-79(103-55-63-37-21-7-22-38-63)80(104-56-64-39-23-8-24-40-64)48-72(71)88(92-87)96-86-70-46-78(102-54-62-35-19-6-20-36-62)77(45-69(70)84(91-86)94-82)101-53-61-33-17-5-18-34-61/h1-40,65-96H,41-56H2. The summed E-state index contributed by atoms with van der Waals surface area (Å²) in [6, 6.07) is 90.8. The third kappa shape index (κ3) is 17.8. The molecule has 4 saturated carbocycles. The van der Waals surface area contributed by atoms with Crippen LogP contribution in [0.1, 0.15) is 95.9 Å². The molecular formula is C88H104N8S8. The highest BCUT2D eigenvalue weighted by Crippen LogP contribution is 2.55. The van der Waals surface area contributed by atoms with Gasteiger partial charge < -0.3 is 0 Å². The van der Waals surface area contributed by atoms with Crippen molar-refractivity contribution in [1.82, 2.24) is 42.5 Å². The van der Waals surface area contributed by atoms with Crippen LogP contribution in [0.2, 0.25) is 0 Å². The third-order valence-electron chi connectivity index (χ3n) is 24.6. The molecule has 0 spiro atoms. The van der Waals surface area contributed by atoms with Crippen molar-refractivity contribution in [2.24, 2.45) is 47.3 Å². The first-order valence-electron chi connectivity index (χ1n) is 38.8. The summed E-state index contributed by atoms with van der Waals surface area (Å²) in [6.07, 6.45) is 10.6. The summed E-state index contributed by atoms with van der Waals surface area (Å²) in [4.78, 5) is 0. The SMILES string of the molecule is c1ccc(CSC2CC3C4NC(NC5NC(NC6NC(NC7NC(N4)C4CC(SCc8ccccc8)C(SCc8ccccc8)CC74)C4CC(SCc7ccccc7)C(SCc7ccccc7)CC64)C4CC(SCc6ccccc6)C(SCc6ccccc6)CC54)C3CC2SCc2ccccc2)cc1. The average molecular weight is 1530 g/mol. The minimum Gasteiger partial charge on any atom is -0.286 e. The van der Waals surface area contributed by atoms with Gasteiger partial charge in [-0.05, 0) is 143 Å². The molecule has 0 amide bonds. The molecule has 8 aromatic rings. The van der Waals surface area contributed by atoms with E-state index in [9.17, 15) is 0 Å². The molecule has 0 radical (unpaired) electrons. The fourth-order valence-electron chi connectivity index (χ4n) is 19.4. The van der Waals surface area contributed by atoms with Gasteiger partial charge in [-0.2, -0.15) is 94.1 Å². The van der Waals surface area contributed by atoms with Gasteiger partial charge in [0.2, 0.25) is 0 Å². The Morgan fingerprint density at radius 1 is 0.163 bits per heavy atom. The topological polar surface area (TPSA) is 96.2 Å². The summed E-state index contributed by atoms with van der Waals surface area (Å²) >= 11 is 17.9. The molecule has 16 unspecified atom stereocenters. The minimum absolute atomic E-state index is 0.137. The molecule has 16 atom stereocenters. The summed E-state index contributed by atoms with van der Waals surface area (Å²) in [5.41, 5.74) is 11.5. The van der Waals surface area contributed by atoms with E-state index in [2.05, 4.69) is 358 Å². The van der Waals surface area contributed by atoms with E-state index in [4.69, 9.17) is 21.3 Å². The number of benzene rings is 8. The van der Waals surface area contributed by atoms with Gasteiger partial charge in [0, 0.05) is 88.0 Å². The fraction of sp³-hybridized carbons (Fsp3) is 0.455. The van der Waals surface area contributed by atoms with Crippen molar-refractivity contribution >= 4 is 94.1 Å². The smallest absolute Gasteiger partial charge is 0.0628 e. The molecule has 5 heterocycles. The van der Waals surface area contributed by atoms with Gasteiger partial charge in [-0.1, -0.05) is 243 Å². The lowest BCUT2D eigenvalue weighted by Gasteiger charge is -2.43. The first kappa shape index (κ1) is 73.1. The van der Waals surface area contributed by atoms with Crippen LogP contribution < -0.4 is 42.5 Å². The van der Waals surface area contributed by atoms with E-state index in [0.29, 0.717) is 89.3 Å². The molecule has 544 valence electrons. The Morgan fingerprint density at radius 3 is 0.375 bits per heavy atom. The van der Waals surface area contributed by atoms with Crippen LogP contribution in [0.3, 0.4) is 0 Å². The summed E-state index contributed by atoms with van der Waals surface area (Å²) in [6.45, 7) is 0. The quantitative estimate of drug-likeness (QED) is 0.0295. The maximum absolute atomic E-state index is 4.70. The van der Waals surface area contributed by atoms with Crippen molar-refractivity contribution in [2.75, 3.05) is 0 Å². The number of thioether (sulfide) groups is 8.